The molecular formula is C24H25N7OS. The molecule has 3 heterocycles. The molecule has 4 aromatic rings. The highest BCUT2D eigenvalue weighted by Gasteiger charge is 2.28. The summed E-state index contributed by atoms with van der Waals surface area (Å²) >= 11 is 1.73. The Morgan fingerprint density at radius 3 is 2.64 bits per heavy atom. The van der Waals surface area contributed by atoms with Crippen LogP contribution in [0.4, 0.5) is 11.4 Å². The van der Waals surface area contributed by atoms with Crippen molar-refractivity contribution in [3.05, 3.63) is 66.5 Å². The lowest BCUT2D eigenvalue weighted by atomic mass is 10.1. The SMILES string of the molecule is CSc1ccc(N2C[C@@H](C)c3nnc(C)n3-c3ccc(-c4cnn(CC(N)=O)c4)cc32)cc1. The first-order chi connectivity index (χ1) is 15.9. The van der Waals surface area contributed by atoms with Crippen molar-refractivity contribution in [2.45, 2.75) is 31.2 Å². The zero-order chi connectivity index (χ0) is 23.1. The summed E-state index contributed by atoms with van der Waals surface area (Å²) in [5, 5.41) is 13.1. The van der Waals surface area contributed by atoms with Gasteiger partial charge in [0.15, 0.2) is 0 Å². The van der Waals surface area contributed by atoms with Gasteiger partial charge in [0.2, 0.25) is 5.91 Å². The summed E-state index contributed by atoms with van der Waals surface area (Å²) in [4.78, 5) is 14.9. The van der Waals surface area contributed by atoms with Crippen molar-refractivity contribution in [2.75, 3.05) is 17.7 Å². The molecule has 0 unspecified atom stereocenters. The van der Waals surface area contributed by atoms with E-state index in [9.17, 15) is 4.79 Å². The van der Waals surface area contributed by atoms with E-state index in [0.29, 0.717) is 0 Å². The summed E-state index contributed by atoms with van der Waals surface area (Å²) in [5.74, 6) is 1.58. The van der Waals surface area contributed by atoms with Gasteiger partial charge in [-0.25, -0.2) is 0 Å². The maximum absolute atomic E-state index is 11.3. The third kappa shape index (κ3) is 3.89. The van der Waals surface area contributed by atoms with Crippen LogP contribution in [0.25, 0.3) is 16.8 Å². The smallest absolute Gasteiger partial charge is 0.239 e. The van der Waals surface area contributed by atoms with Gasteiger partial charge in [0, 0.05) is 34.8 Å². The first-order valence-corrected chi connectivity index (χ1v) is 12.0. The van der Waals surface area contributed by atoms with Crippen molar-refractivity contribution in [2.24, 2.45) is 5.73 Å². The van der Waals surface area contributed by atoms with Crippen LogP contribution in [0.3, 0.4) is 0 Å². The number of thioether (sulfide) groups is 1. The van der Waals surface area contributed by atoms with E-state index in [-0.39, 0.29) is 12.5 Å². The quantitative estimate of drug-likeness (QED) is 0.455. The number of carbonyl (C=O) groups is 1. The van der Waals surface area contributed by atoms with Crippen molar-refractivity contribution < 1.29 is 4.79 Å². The number of fused-ring (bicyclic) bond motifs is 3. The lowest BCUT2D eigenvalue weighted by Crippen LogP contribution is -2.22. The van der Waals surface area contributed by atoms with E-state index in [2.05, 4.69) is 80.4 Å². The molecule has 1 amide bonds. The van der Waals surface area contributed by atoms with Gasteiger partial charge in [0.05, 0.1) is 17.6 Å². The molecule has 9 heteroatoms. The molecule has 2 aromatic carbocycles. The summed E-state index contributed by atoms with van der Waals surface area (Å²) in [6, 6.07) is 15.0. The highest BCUT2D eigenvalue weighted by molar-refractivity contribution is 7.98. The van der Waals surface area contributed by atoms with Crippen LogP contribution in [0.2, 0.25) is 0 Å². The molecule has 0 bridgehead atoms. The number of aromatic nitrogens is 5. The fourth-order valence-electron chi connectivity index (χ4n) is 4.32. The molecule has 0 radical (unpaired) electrons. The molecule has 2 aromatic heterocycles. The largest absolute Gasteiger partial charge is 0.368 e. The van der Waals surface area contributed by atoms with Gasteiger partial charge in [-0.3, -0.25) is 14.0 Å². The summed E-state index contributed by atoms with van der Waals surface area (Å²) in [7, 11) is 0. The minimum Gasteiger partial charge on any atom is -0.368 e. The van der Waals surface area contributed by atoms with Crippen molar-refractivity contribution in [3.63, 3.8) is 0 Å². The third-order valence-corrected chi connectivity index (χ3v) is 6.67. The molecule has 1 aliphatic heterocycles. The highest BCUT2D eigenvalue weighted by Crippen LogP contribution is 2.40. The van der Waals surface area contributed by atoms with Gasteiger partial charge in [-0.2, -0.15) is 5.10 Å². The van der Waals surface area contributed by atoms with E-state index in [1.807, 2.05) is 13.1 Å². The lowest BCUT2D eigenvalue weighted by Gasteiger charge is -2.27. The molecule has 0 saturated heterocycles. The summed E-state index contributed by atoms with van der Waals surface area (Å²) in [6.07, 6.45) is 5.69. The number of nitrogens with two attached hydrogens (primary N) is 1. The molecule has 8 nitrogen and oxygen atoms in total. The fourth-order valence-corrected chi connectivity index (χ4v) is 4.73. The molecule has 1 atom stereocenters. The van der Waals surface area contributed by atoms with Crippen LogP contribution in [0, 0.1) is 6.92 Å². The van der Waals surface area contributed by atoms with Crippen LogP contribution in [-0.2, 0) is 11.3 Å². The molecule has 5 rings (SSSR count). The van der Waals surface area contributed by atoms with Gasteiger partial charge in [-0.1, -0.05) is 13.0 Å². The van der Waals surface area contributed by atoms with Crippen LogP contribution in [0.15, 0.2) is 59.8 Å². The predicted octanol–water partition coefficient (Wildman–Crippen LogP) is 3.90. The second-order valence-electron chi connectivity index (χ2n) is 8.25. The standard InChI is InChI=1S/C24H25N7OS/c1-15-12-30(19-5-7-20(33-3)8-6-19)22-10-17(18-11-26-29(13-18)14-23(25)32)4-9-21(22)31-16(2)27-28-24(15)31/h4-11,13,15H,12,14H2,1-3H3,(H2,25,32)/t15-/m1/s1. The first kappa shape index (κ1) is 21.3. The van der Waals surface area contributed by atoms with E-state index in [0.717, 1.165) is 46.4 Å². The Bertz CT molecular complexity index is 1330. The van der Waals surface area contributed by atoms with Gasteiger partial charge in [0.25, 0.3) is 0 Å². The van der Waals surface area contributed by atoms with E-state index >= 15 is 0 Å². The molecule has 0 spiro atoms. The van der Waals surface area contributed by atoms with E-state index in [1.54, 1.807) is 22.6 Å². The maximum atomic E-state index is 11.3. The molecule has 0 fully saturated rings. The molecule has 33 heavy (non-hydrogen) atoms. The minimum absolute atomic E-state index is 0.0552. The molecular weight excluding hydrogens is 434 g/mol. The number of primary amides is 1. The van der Waals surface area contributed by atoms with Crippen LogP contribution < -0.4 is 10.6 Å². The number of amides is 1. The van der Waals surface area contributed by atoms with Gasteiger partial charge >= 0.3 is 0 Å². The average Bonchev–Trinajstić information content (AvgIpc) is 3.40. The minimum atomic E-state index is -0.420. The number of hydrogen-bond acceptors (Lipinski definition) is 6. The van der Waals surface area contributed by atoms with E-state index in [4.69, 9.17) is 5.73 Å². The summed E-state index contributed by atoms with van der Waals surface area (Å²) in [6.45, 7) is 5.00. The Labute approximate surface area is 196 Å². The molecule has 168 valence electrons. The number of carbonyl (C=O) groups excluding carboxylic acids is 1. The maximum Gasteiger partial charge on any atom is 0.239 e. The molecule has 1 aliphatic rings. The van der Waals surface area contributed by atoms with Crippen molar-refractivity contribution in [3.8, 4) is 16.8 Å². The number of aryl methyl sites for hydroxylation is 1. The summed E-state index contributed by atoms with van der Waals surface area (Å²) in [5.41, 5.74) is 10.5. The monoisotopic (exact) mass is 459 g/mol. The second-order valence-corrected chi connectivity index (χ2v) is 9.13. The Balaban J connectivity index is 1.66. The first-order valence-electron chi connectivity index (χ1n) is 10.7. The fraction of sp³-hybridized carbons (Fsp3) is 0.250. The predicted molar refractivity (Wildman–Crippen MR) is 130 cm³/mol. The Morgan fingerprint density at radius 1 is 1.12 bits per heavy atom. The van der Waals surface area contributed by atoms with Gasteiger partial charge in [-0.15, -0.1) is 22.0 Å². The number of nitrogens with zero attached hydrogens (tertiary/aromatic N) is 6. The normalized spacial score (nSPS) is 15.1. The zero-order valence-corrected chi connectivity index (χ0v) is 19.6. The van der Waals surface area contributed by atoms with E-state index in [1.165, 1.54) is 4.90 Å². The van der Waals surface area contributed by atoms with Crippen LogP contribution >= 0.6 is 11.8 Å². The van der Waals surface area contributed by atoms with Gasteiger partial charge in [0.1, 0.15) is 18.2 Å². The van der Waals surface area contributed by atoms with Crippen molar-refractivity contribution in [1.82, 2.24) is 24.5 Å². The Kier molecular flexibility index (Phi) is 5.41. The lowest BCUT2D eigenvalue weighted by molar-refractivity contribution is -0.118. The van der Waals surface area contributed by atoms with E-state index < -0.39 is 5.91 Å². The average molecular weight is 460 g/mol. The molecule has 2 N–H and O–H groups in total. The zero-order valence-electron chi connectivity index (χ0n) is 18.8. The van der Waals surface area contributed by atoms with Crippen LogP contribution in [0.1, 0.15) is 24.5 Å². The number of anilines is 2. The van der Waals surface area contributed by atoms with Gasteiger partial charge in [-0.05, 0) is 55.1 Å². The Morgan fingerprint density at radius 2 is 1.91 bits per heavy atom. The second kappa shape index (κ2) is 8.40. The summed E-state index contributed by atoms with van der Waals surface area (Å²) < 4.78 is 3.71. The number of benzene rings is 2. The highest BCUT2D eigenvalue weighted by atomic mass is 32.2. The molecule has 0 aliphatic carbocycles. The molecule has 0 saturated carbocycles. The Hall–Kier alpha value is -3.59. The topological polar surface area (TPSA) is 94.9 Å². The third-order valence-electron chi connectivity index (χ3n) is 5.92. The van der Waals surface area contributed by atoms with Crippen molar-refractivity contribution in [1.29, 1.82) is 0 Å². The number of rotatable bonds is 5. The van der Waals surface area contributed by atoms with Gasteiger partial charge < -0.3 is 10.6 Å². The van der Waals surface area contributed by atoms with Crippen LogP contribution in [0.5, 0.6) is 0 Å². The number of hydrogen-bond donors (Lipinski definition) is 1. The van der Waals surface area contributed by atoms with Crippen molar-refractivity contribution >= 4 is 29.0 Å². The van der Waals surface area contributed by atoms with Crippen LogP contribution in [-0.4, -0.2) is 43.3 Å².